The van der Waals surface area contributed by atoms with E-state index in [1.165, 1.54) is 6.07 Å². The highest BCUT2D eigenvalue weighted by molar-refractivity contribution is 14.1. The maximum atomic E-state index is 12.4. The van der Waals surface area contributed by atoms with Gasteiger partial charge in [-0.3, -0.25) is 4.72 Å². The van der Waals surface area contributed by atoms with E-state index in [4.69, 9.17) is 17.3 Å². The Kier molecular flexibility index (Phi) is 4.46. The Morgan fingerprint density at radius 3 is 2.50 bits per heavy atom. The molecular weight excluding hydrogens is 411 g/mol. The first-order chi connectivity index (χ1) is 9.29. The van der Waals surface area contributed by atoms with E-state index >= 15 is 0 Å². The summed E-state index contributed by atoms with van der Waals surface area (Å²) in [6.45, 7) is 1.71. The van der Waals surface area contributed by atoms with E-state index in [0.29, 0.717) is 22.0 Å². The van der Waals surface area contributed by atoms with Crippen LogP contribution >= 0.6 is 34.2 Å². The molecular formula is C13H12ClIN2O2S. The maximum absolute atomic E-state index is 12.4. The summed E-state index contributed by atoms with van der Waals surface area (Å²) in [7, 11) is -3.65. The largest absolute Gasteiger partial charge is 0.399 e. The zero-order valence-corrected chi connectivity index (χ0v) is 14.3. The zero-order chi connectivity index (χ0) is 14.9. The van der Waals surface area contributed by atoms with E-state index in [9.17, 15) is 8.42 Å². The van der Waals surface area contributed by atoms with Gasteiger partial charge in [0, 0.05) is 14.3 Å². The Hall–Kier alpha value is -0.990. The van der Waals surface area contributed by atoms with Gasteiger partial charge in [0.25, 0.3) is 10.0 Å². The Bertz CT molecular complexity index is 763. The summed E-state index contributed by atoms with van der Waals surface area (Å²) in [5.74, 6) is 0. The fraction of sp³-hybridized carbons (Fsp3) is 0.0769. The molecule has 0 heterocycles. The number of anilines is 2. The number of rotatable bonds is 3. The van der Waals surface area contributed by atoms with Crippen LogP contribution in [-0.4, -0.2) is 8.42 Å². The van der Waals surface area contributed by atoms with Crippen LogP contribution in [0.3, 0.4) is 0 Å². The van der Waals surface area contributed by atoms with Crippen LogP contribution in [0.1, 0.15) is 5.56 Å². The number of nitrogens with two attached hydrogens (primary N) is 1. The molecule has 2 aromatic rings. The van der Waals surface area contributed by atoms with Crippen molar-refractivity contribution in [3.05, 3.63) is 50.6 Å². The lowest BCUT2D eigenvalue weighted by atomic mass is 10.2. The number of sulfonamides is 1. The molecule has 0 unspecified atom stereocenters. The molecule has 0 atom stereocenters. The predicted octanol–water partition coefficient (Wildman–Crippen LogP) is 3.64. The molecule has 0 aliphatic heterocycles. The molecule has 3 N–H and O–H groups in total. The Morgan fingerprint density at radius 1 is 1.20 bits per heavy atom. The second kappa shape index (κ2) is 5.79. The minimum atomic E-state index is -3.65. The summed E-state index contributed by atoms with van der Waals surface area (Å²) >= 11 is 7.88. The van der Waals surface area contributed by atoms with Gasteiger partial charge >= 0.3 is 0 Å². The highest BCUT2D eigenvalue weighted by Gasteiger charge is 2.18. The first-order valence-electron chi connectivity index (χ1n) is 5.63. The van der Waals surface area contributed by atoms with E-state index in [-0.39, 0.29) is 4.90 Å². The van der Waals surface area contributed by atoms with Gasteiger partial charge in [-0.1, -0.05) is 11.6 Å². The SMILES string of the molecule is Cc1cc(N)ccc1S(=O)(=O)Nc1ccc(Cl)cc1I. The molecule has 0 aliphatic carbocycles. The summed E-state index contributed by atoms with van der Waals surface area (Å²) < 4.78 is 28.0. The number of nitrogens with one attached hydrogen (secondary N) is 1. The first-order valence-corrected chi connectivity index (χ1v) is 8.57. The van der Waals surface area contributed by atoms with Crippen molar-refractivity contribution in [3.8, 4) is 0 Å². The summed E-state index contributed by atoms with van der Waals surface area (Å²) in [6, 6.07) is 9.65. The summed E-state index contributed by atoms with van der Waals surface area (Å²) in [4.78, 5) is 0.206. The minimum Gasteiger partial charge on any atom is -0.399 e. The second-order valence-electron chi connectivity index (χ2n) is 4.25. The average molecular weight is 423 g/mol. The van der Waals surface area contributed by atoms with E-state index in [2.05, 4.69) is 4.72 Å². The van der Waals surface area contributed by atoms with Crippen LogP contribution < -0.4 is 10.5 Å². The zero-order valence-electron chi connectivity index (χ0n) is 10.5. The lowest BCUT2D eigenvalue weighted by molar-refractivity contribution is 0.600. The molecule has 2 aromatic carbocycles. The van der Waals surface area contributed by atoms with Crippen LogP contribution in [0.25, 0.3) is 0 Å². The molecule has 0 amide bonds. The van der Waals surface area contributed by atoms with Crippen LogP contribution in [-0.2, 0) is 10.0 Å². The van der Waals surface area contributed by atoms with Gasteiger partial charge < -0.3 is 5.73 Å². The van der Waals surface area contributed by atoms with Gasteiger partial charge in [-0.15, -0.1) is 0 Å². The Balaban J connectivity index is 2.41. The lowest BCUT2D eigenvalue weighted by Crippen LogP contribution is -2.15. The molecule has 0 spiro atoms. The van der Waals surface area contributed by atoms with Crippen LogP contribution in [0.2, 0.25) is 5.02 Å². The van der Waals surface area contributed by atoms with Crippen LogP contribution in [0.5, 0.6) is 0 Å². The average Bonchev–Trinajstić information content (AvgIpc) is 2.32. The molecule has 0 bridgehead atoms. The highest BCUT2D eigenvalue weighted by atomic mass is 127. The molecule has 0 radical (unpaired) electrons. The highest BCUT2D eigenvalue weighted by Crippen LogP contribution is 2.26. The molecule has 0 saturated heterocycles. The topological polar surface area (TPSA) is 72.2 Å². The third kappa shape index (κ3) is 3.36. The van der Waals surface area contributed by atoms with Crippen molar-refractivity contribution < 1.29 is 8.42 Å². The van der Waals surface area contributed by atoms with Gasteiger partial charge in [-0.05, 0) is 71.5 Å². The molecule has 7 heteroatoms. The van der Waals surface area contributed by atoms with Gasteiger partial charge in [0.15, 0.2) is 0 Å². The van der Waals surface area contributed by atoms with Crippen molar-refractivity contribution in [2.75, 3.05) is 10.5 Å². The number of aryl methyl sites for hydroxylation is 1. The fourth-order valence-corrected chi connectivity index (χ4v) is 4.24. The van der Waals surface area contributed by atoms with E-state index in [1.54, 1.807) is 37.3 Å². The van der Waals surface area contributed by atoms with Gasteiger partial charge in [0.05, 0.1) is 10.6 Å². The second-order valence-corrected chi connectivity index (χ2v) is 7.50. The molecule has 0 fully saturated rings. The third-order valence-electron chi connectivity index (χ3n) is 2.66. The summed E-state index contributed by atoms with van der Waals surface area (Å²) in [6.07, 6.45) is 0. The van der Waals surface area contributed by atoms with Crippen molar-refractivity contribution >= 4 is 55.6 Å². The number of nitrogen functional groups attached to an aromatic ring is 1. The predicted molar refractivity (Wildman–Crippen MR) is 90.6 cm³/mol. The molecule has 2 rings (SSSR count). The van der Waals surface area contributed by atoms with Crippen LogP contribution in [0.4, 0.5) is 11.4 Å². The third-order valence-corrected chi connectivity index (χ3v) is 5.32. The van der Waals surface area contributed by atoms with Crippen molar-refractivity contribution in [1.82, 2.24) is 0 Å². The Morgan fingerprint density at radius 2 is 1.90 bits per heavy atom. The van der Waals surface area contributed by atoms with Crippen molar-refractivity contribution in [1.29, 1.82) is 0 Å². The first kappa shape index (κ1) is 15.4. The molecule has 4 nitrogen and oxygen atoms in total. The molecule has 0 aliphatic rings. The number of benzene rings is 2. The van der Waals surface area contributed by atoms with Crippen molar-refractivity contribution in [3.63, 3.8) is 0 Å². The van der Waals surface area contributed by atoms with Gasteiger partial charge in [-0.2, -0.15) is 0 Å². The molecule has 106 valence electrons. The van der Waals surface area contributed by atoms with Gasteiger partial charge in [-0.25, -0.2) is 8.42 Å². The van der Waals surface area contributed by atoms with Gasteiger partial charge in [0.2, 0.25) is 0 Å². The summed E-state index contributed by atoms with van der Waals surface area (Å²) in [5.41, 5.74) is 7.25. The maximum Gasteiger partial charge on any atom is 0.262 e. The molecule has 20 heavy (non-hydrogen) atoms. The van der Waals surface area contributed by atoms with Crippen molar-refractivity contribution in [2.45, 2.75) is 11.8 Å². The minimum absolute atomic E-state index is 0.206. The van der Waals surface area contributed by atoms with Crippen LogP contribution in [0, 0.1) is 10.5 Å². The van der Waals surface area contributed by atoms with Crippen molar-refractivity contribution in [2.24, 2.45) is 0 Å². The van der Waals surface area contributed by atoms with Crippen LogP contribution in [0.15, 0.2) is 41.3 Å². The smallest absolute Gasteiger partial charge is 0.262 e. The normalized spacial score (nSPS) is 11.3. The molecule has 0 aromatic heterocycles. The van der Waals surface area contributed by atoms with E-state index < -0.39 is 10.0 Å². The molecule has 0 saturated carbocycles. The van der Waals surface area contributed by atoms with E-state index in [1.807, 2.05) is 22.6 Å². The monoisotopic (exact) mass is 422 g/mol. The number of halogens is 2. The number of hydrogen-bond acceptors (Lipinski definition) is 3. The van der Waals surface area contributed by atoms with E-state index in [0.717, 1.165) is 3.57 Å². The summed E-state index contributed by atoms with van der Waals surface area (Å²) in [5, 5.41) is 0.556. The number of hydrogen-bond donors (Lipinski definition) is 2. The standard InChI is InChI=1S/C13H12ClIN2O2S/c1-8-6-10(16)3-5-13(8)20(18,19)17-12-4-2-9(14)7-11(12)15/h2-7,17H,16H2,1H3. The quantitative estimate of drug-likeness (QED) is 0.586. The lowest BCUT2D eigenvalue weighted by Gasteiger charge is -2.12. The fourth-order valence-electron chi connectivity index (χ4n) is 1.75. The Labute approximate surface area is 136 Å². The van der Waals surface area contributed by atoms with Gasteiger partial charge in [0.1, 0.15) is 0 Å².